The fourth-order valence-corrected chi connectivity index (χ4v) is 5.53. The van der Waals surface area contributed by atoms with Crippen LogP contribution in [0.2, 0.25) is 0 Å². The van der Waals surface area contributed by atoms with E-state index >= 15 is 0 Å². The Bertz CT molecular complexity index is 1230. The first-order valence-corrected chi connectivity index (χ1v) is 14.0. The van der Waals surface area contributed by atoms with Crippen LogP contribution >= 0.6 is 11.3 Å². The van der Waals surface area contributed by atoms with Gasteiger partial charge in [0.05, 0.1) is 13.2 Å². The quantitative estimate of drug-likeness (QED) is 0.338. The number of benzene rings is 2. The van der Waals surface area contributed by atoms with E-state index in [4.69, 9.17) is 9.47 Å². The average Bonchev–Trinajstić information content (AvgIpc) is 3.41. The number of fused-ring (bicyclic) bond motifs is 1. The molecule has 7 nitrogen and oxygen atoms in total. The molecule has 1 N–H and O–H groups in total. The fourth-order valence-electron chi connectivity index (χ4n) is 4.60. The lowest BCUT2D eigenvalue weighted by molar-refractivity contribution is -0.135. The summed E-state index contributed by atoms with van der Waals surface area (Å²) in [6.45, 7) is 7.59. The molecule has 0 spiro atoms. The number of hydrogen-bond acceptors (Lipinski definition) is 5. The third-order valence-electron chi connectivity index (χ3n) is 7.03. The Morgan fingerprint density at radius 2 is 1.87 bits per heavy atom. The van der Waals surface area contributed by atoms with E-state index in [9.17, 15) is 9.59 Å². The minimum atomic E-state index is -0.266. The monoisotopic (exact) mass is 535 g/mol. The van der Waals surface area contributed by atoms with E-state index < -0.39 is 0 Å². The molecule has 1 aliphatic rings. The van der Waals surface area contributed by atoms with Gasteiger partial charge in [0.15, 0.2) is 11.5 Å². The summed E-state index contributed by atoms with van der Waals surface area (Å²) in [6, 6.07) is 16.8. The van der Waals surface area contributed by atoms with Crippen LogP contribution in [-0.4, -0.2) is 55.1 Å². The van der Waals surface area contributed by atoms with Crippen molar-refractivity contribution in [2.75, 3.05) is 38.7 Å². The van der Waals surface area contributed by atoms with Gasteiger partial charge in [0.1, 0.15) is 13.2 Å². The highest BCUT2D eigenvalue weighted by Crippen LogP contribution is 2.35. The van der Waals surface area contributed by atoms with Gasteiger partial charge in [-0.2, -0.15) is 0 Å². The molecular weight excluding hydrogens is 498 g/mol. The molecule has 38 heavy (non-hydrogen) atoms. The maximum Gasteiger partial charge on any atom is 0.322 e. The predicted octanol–water partition coefficient (Wildman–Crippen LogP) is 6.15. The normalized spacial score (nSPS) is 15.4. The molecule has 8 heteroatoms. The first-order valence-electron chi connectivity index (χ1n) is 13.1. The minimum absolute atomic E-state index is 0.00661. The molecule has 0 fully saturated rings. The van der Waals surface area contributed by atoms with Gasteiger partial charge in [-0.15, -0.1) is 11.3 Å². The summed E-state index contributed by atoms with van der Waals surface area (Å²) in [7, 11) is 1.61. The molecule has 3 aromatic rings. The number of hydrogen-bond donors (Lipinski definition) is 1. The van der Waals surface area contributed by atoms with Crippen LogP contribution in [0.5, 0.6) is 11.5 Å². The third kappa shape index (κ3) is 6.67. The van der Waals surface area contributed by atoms with Crippen molar-refractivity contribution >= 4 is 29.0 Å². The first kappa shape index (κ1) is 27.5. The van der Waals surface area contributed by atoms with Gasteiger partial charge in [-0.1, -0.05) is 50.1 Å². The summed E-state index contributed by atoms with van der Waals surface area (Å²) in [5, 5.41) is 5.04. The lowest BCUT2D eigenvalue weighted by Crippen LogP contribution is -2.49. The van der Waals surface area contributed by atoms with Gasteiger partial charge >= 0.3 is 6.03 Å². The Morgan fingerprint density at radius 1 is 1.13 bits per heavy atom. The molecule has 0 unspecified atom stereocenters. The van der Waals surface area contributed by atoms with Gasteiger partial charge in [0.25, 0.3) is 0 Å². The van der Waals surface area contributed by atoms with E-state index in [1.165, 1.54) is 4.88 Å². The van der Waals surface area contributed by atoms with Crippen LogP contribution in [0.4, 0.5) is 10.5 Å². The van der Waals surface area contributed by atoms with Crippen molar-refractivity contribution in [2.45, 2.75) is 39.7 Å². The van der Waals surface area contributed by atoms with Crippen molar-refractivity contribution in [3.05, 3.63) is 76.0 Å². The van der Waals surface area contributed by atoms with E-state index in [0.29, 0.717) is 36.9 Å². The second-order valence-electron chi connectivity index (χ2n) is 9.80. The van der Waals surface area contributed by atoms with E-state index in [1.807, 2.05) is 60.4 Å². The van der Waals surface area contributed by atoms with Gasteiger partial charge in [-0.05, 0) is 60.5 Å². The van der Waals surface area contributed by atoms with Crippen LogP contribution in [0, 0.1) is 12.8 Å². The van der Waals surface area contributed by atoms with Crippen molar-refractivity contribution in [1.29, 1.82) is 0 Å². The summed E-state index contributed by atoms with van der Waals surface area (Å²) in [4.78, 5) is 31.9. The molecule has 0 aliphatic carbocycles. The third-order valence-corrected chi connectivity index (χ3v) is 8.02. The molecule has 2 aromatic carbocycles. The highest BCUT2D eigenvalue weighted by atomic mass is 32.1. The second kappa shape index (κ2) is 12.8. The van der Waals surface area contributed by atoms with Gasteiger partial charge in [-0.25, -0.2) is 4.79 Å². The van der Waals surface area contributed by atoms with Crippen LogP contribution in [0.25, 0.3) is 0 Å². The number of amides is 3. The Hall–Kier alpha value is -3.52. The number of carbonyl (C=O) groups excluding carboxylic acids is 2. The Morgan fingerprint density at radius 3 is 2.58 bits per heavy atom. The van der Waals surface area contributed by atoms with Crippen LogP contribution in [0.1, 0.15) is 42.3 Å². The van der Waals surface area contributed by atoms with Gasteiger partial charge in [-0.3, -0.25) is 4.79 Å². The number of thiophene rings is 1. The zero-order chi connectivity index (χ0) is 27.1. The molecular formula is C30H37N3O4S. The van der Waals surface area contributed by atoms with Crippen molar-refractivity contribution in [3.63, 3.8) is 0 Å². The number of carbonyl (C=O) groups is 2. The molecule has 202 valence electrons. The van der Waals surface area contributed by atoms with Crippen LogP contribution in [0.15, 0.2) is 60.0 Å². The Balaban J connectivity index is 1.51. The summed E-state index contributed by atoms with van der Waals surface area (Å²) in [5.74, 6) is 1.47. The van der Waals surface area contributed by atoms with Crippen LogP contribution in [0.3, 0.4) is 0 Å². The van der Waals surface area contributed by atoms with Crippen molar-refractivity contribution in [1.82, 2.24) is 9.80 Å². The number of urea groups is 1. The van der Waals surface area contributed by atoms with Crippen LogP contribution in [-0.2, 0) is 11.2 Å². The number of nitrogens with one attached hydrogen (secondary N) is 1. The summed E-state index contributed by atoms with van der Waals surface area (Å²) in [6.07, 6.45) is 1.71. The van der Waals surface area contributed by atoms with Gasteiger partial charge in [0, 0.05) is 23.7 Å². The minimum Gasteiger partial charge on any atom is -0.493 e. The van der Waals surface area contributed by atoms with Gasteiger partial charge in [0.2, 0.25) is 5.91 Å². The molecule has 1 aliphatic heterocycles. The molecule has 1 aromatic heterocycles. The highest BCUT2D eigenvalue weighted by molar-refractivity contribution is 7.10. The summed E-state index contributed by atoms with van der Waals surface area (Å²) in [5.41, 5.74) is 2.95. The SMILES string of the molecule is CC[C@H](C)CN(CC(=O)N1CCc2sccc2[C@@H]1COc1ccccc1OC)C(=O)Nc1ccc(C)cc1. The molecule has 3 amide bonds. The Labute approximate surface area is 229 Å². The lowest BCUT2D eigenvalue weighted by Gasteiger charge is -2.37. The van der Waals surface area contributed by atoms with Gasteiger partial charge < -0.3 is 24.6 Å². The molecule has 2 atom stereocenters. The van der Waals surface area contributed by atoms with E-state index in [-0.39, 0.29) is 30.4 Å². The standard InChI is InChI=1S/C30H37N3O4S/c1-5-21(2)18-32(30(35)31-23-12-10-22(3)11-13-23)19-29(34)33-16-14-28-24(15-17-38-28)25(33)20-37-27-9-7-6-8-26(27)36-4/h6-13,15,17,21,25H,5,14,16,18-20H2,1-4H3,(H,31,35)/t21-,25-/m0/s1. The maximum atomic E-state index is 13.8. The number of rotatable bonds is 10. The fraction of sp³-hybridized carbons (Fsp3) is 0.400. The summed E-state index contributed by atoms with van der Waals surface area (Å²) < 4.78 is 11.6. The molecule has 0 saturated heterocycles. The van der Waals surface area contributed by atoms with Crippen molar-refractivity contribution in [2.24, 2.45) is 5.92 Å². The average molecular weight is 536 g/mol. The Kier molecular flexibility index (Phi) is 9.29. The van der Waals surface area contributed by atoms with E-state index in [2.05, 4.69) is 30.6 Å². The predicted molar refractivity (Wildman–Crippen MR) is 152 cm³/mol. The first-order chi connectivity index (χ1) is 18.4. The summed E-state index contributed by atoms with van der Waals surface area (Å²) >= 11 is 1.71. The number of nitrogens with zero attached hydrogens (tertiary/aromatic N) is 2. The zero-order valence-electron chi connectivity index (χ0n) is 22.6. The maximum absolute atomic E-state index is 13.8. The van der Waals surface area contributed by atoms with Crippen molar-refractivity contribution in [3.8, 4) is 11.5 Å². The van der Waals surface area contributed by atoms with Crippen LogP contribution < -0.4 is 14.8 Å². The second-order valence-corrected chi connectivity index (χ2v) is 10.8. The topological polar surface area (TPSA) is 71.1 Å². The zero-order valence-corrected chi connectivity index (χ0v) is 23.4. The molecule has 0 radical (unpaired) electrons. The molecule has 2 heterocycles. The molecule has 0 saturated carbocycles. The number of methoxy groups -OCH3 is 1. The number of ether oxygens (including phenoxy) is 2. The molecule has 4 rings (SSSR count). The number of aryl methyl sites for hydroxylation is 1. The molecule has 0 bridgehead atoms. The highest BCUT2D eigenvalue weighted by Gasteiger charge is 2.34. The van der Waals surface area contributed by atoms with Crippen molar-refractivity contribution < 1.29 is 19.1 Å². The smallest absolute Gasteiger partial charge is 0.322 e. The van der Waals surface area contributed by atoms with E-state index in [1.54, 1.807) is 23.3 Å². The van der Waals surface area contributed by atoms with E-state index in [0.717, 1.165) is 24.0 Å². The largest absolute Gasteiger partial charge is 0.493 e. The number of para-hydroxylation sites is 2. The number of anilines is 1. The lowest BCUT2D eigenvalue weighted by atomic mass is 10.00.